The van der Waals surface area contributed by atoms with E-state index in [0.717, 1.165) is 11.1 Å². The highest BCUT2D eigenvalue weighted by atomic mass is 35.5. The molecule has 0 saturated carbocycles. The summed E-state index contributed by atoms with van der Waals surface area (Å²) in [5, 5.41) is 14.0. The largest absolute Gasteiger partial charge is 0.309 e. The molecule has 0 unspecified atom stereocenters. The van der Waals surface area contributed by atoms with Crippen molar-refractivity contribution < 1.29 is 9.31 Å². The van der Waals surface area contributed by atoms with E-state index in [1.807, 2.05) is 0 Å². The van der Waals surface area contributed by atoms with E-state index in [1.165, 1.54) is 24.3 Å². The molecule has 2 aromatic carbocycles. The minimum atomic E-state index is -0.508. The Kier molecular flexibility index (Phi) is 4.65. The fourth-order valence-electron chi connectivity index (χ4n) is 1.76. The average molecular weight is 295 g/mol. The maximum absolute atomic E-state index is 12.7. The highest BCUT2D eigenvalue weighted by molar-refractivity contribution is 6.32. The zero-order valence-electron chi connectivity index (χ0n) is 10.5. The lowest BCUT2D eigenvalue weighted by Gasteiger charge is -2.06. The van der Waals surface area contributed by atoms with Crippen LogP contribution in [0.15, 0.2) is 42.5 Å². The van der Waals surface area contributed by atoms with Crippen molar-refractivity contribution in [2.75, 3.05) is 0 Å². The molecule has 0 aliphatic carbocycles. The number of rotatable bonds is 5. The Labute approximate surface area is 120 Å². The molecule has 0 aliphatic rings. The Morgan fingerprint density at radius 1 is 1.10 bits per heavy atom. The van der Waals surface area contributed by atoms with Gasteiger partial charge < -0.3 is 5.32 Å². The molecule has 104 valence electrons. The Hall–Kier alpha value is -1.98. The average Bonchev–Trinajstić information content (AvgIpc) is 2.42. The van der Waals surface area contributed by atoms with Crippen molar-refractivity contribution in [3.63, 3.8) is 0 Å². The van der Waals surface area contributed by atoms with Crippen molar-refractivity contribution in [3.8, 4) is 0 Å². The quantitative estimate of drug-likeness (QED) is 0.676. The number of halogens is 2. The van der Waals surface area contributed by atoms with Gasteiger partial charge in [0.1, 0.15) is 10.8 Å². The van der Waals surface area contributed by atoms with E-state index in [9.17, 15) is 14.5 Å². The van der Waals surface area contributed by atoms with Gasteiger partial charge in [0.15, 0.2) is 0 Å². The zero-order valence-corrected chi connectivity index (χ0v) is 11.2. The lowest BCUT2D eigenvalue weighted by molar-refractivity contribution is -0.384. The van der Waals surface area contributed by atoms with Crippen molar-refractivity contribution in [1.29, 1.82) is 0 Å². The topological polar surface area (TPSA) is 55.2 Å². The molecule has 0 aliphatic heterocycles. The summed E-state index contributed by atoms with van der Waals surface area (Å²) in [5.74, 6) is -0.276. The maximum Gasteiger partial charge on any atom is 0.288 e. The van der Waals surface area contributed by atoms with Crippen LogP contribution in [0.3, 0.4) is 0 Å². The molecule has 0 heterocycles. The van der Waals surface area contributed by atoms with Crippen LogP contribution in [0.4, 0.5) is 10.1 Å². The van der Waals surface area contributed by atoms with Gasteiger partial charge in [-0.3, -0.25) is 10.1 Å². The molecule has 0 spiro atoms. The van der Waals surface area contributed by atoms with Gasteiger partial charge in [0, 0.05) is 19.2 Å². The van der Waals surface area contributed by atoms with E-state index >= 15 is 0 Å². The fraction of sp³-hybridized carbons (Fsp3) is 0.143. The van der Waals surface area contributed by atoms with E-state index in [2.05, 4.69) is 5.32 Å². The van der Waals surface area contributed by atoms with Crippen molar-refractivity contribution in [3.05, 3.63) is 74.5 Å². The Balaban J connectivity index is 1.96. The molecule has 0 aromatic heterocycles. The van der Waals surface area contributed by atoms with Crippen LogP contribution in [0.2, 0.25) is 5.02 Å². The molecule has 20 heavy (non-hydrogen) atoms. The number of hydrogen-bond acceptors (Lipinski definition) is 3. The smallest absolute Gasteiger partial charge is 0.288 e. The second-order valence-corrected chi connectivity index (χ2v) is 4.68. The summed E-state index contributed by atoms with van der Waals surface area (Å²) in [6.07, 6.45) is 0. The molecule has 0 bridgehead atoms. The molecule has 0 fully saturated rings. The second-order valence-electron chi connectivity index (χ2n) is 4.27. The van der Waals surface area contributed by atoms with E-state index in [4.69, 9.17) is 11.6 Å². The van der Waals surface area contributed by atoms with E-state index in [0.29, 0.717) is 13.1 Å². The highest BCUT2D eigenvalue weighted by Gasteiger charge is 2.12. The van der Waals surface area contributed by atoms with Crippen LogP contribution in [-0.2, 0) is 13.1 Å². The standard InChI is InChI=1S/C14H12ClFN2O2/c15-13-6-3-11(7-14(13)18(19)20)9-17-8-10-1-4-12(16)5-2-10/h1-7,17H,8-9H2. The predicted octanol–water partition coefficient (Wildman–Crippen LogP) is 3.68. The molecule has 0 saturated heterocycles. The summed E-state index contributed by atoms with van der Waals surface area (Å²) in [5.41, 5.74) is 1.60. The monoisotopic (exact) mass is 294 g/mol. The van der Waals surface area contributed by atoms with Crippen molar-refractivity contribution in [2.24, 2.45) is 0 Å². The summed E-state index contributed by atoms with van der Waals surface area (Å²) in [6, 6.07) is 10.8. The first kappa shape index (κ1) is 14.4. The summed E-state index contributed by atoms with van der Waals surface area (Å²) in [6.45, 7) is 1.02. The van der Waals surface area contributed by atoms with Gasteiger partial charge in [-0.1, -0.05) is 29.8 Å². The molecular weight excluding hydrogens is 283 g/mol. The SMILES string of the molecule is O=[N+]([O-])c1cc(CNCc2ccc(F)cc2)ccc1Cl. The first-order valence-corrected chi connectivity index (χ1v) is 6.32. The minimum Gasteiger partial charge on any atom is -0.309 e. The molecule has 0 atom stereocenters. The lowest BCUT2D eigenvalue weighted by Crippen LogP contribution is -2.12. The molecule has 2 aromatic rings. The molecule has 2 rings (SSSR count). The normalized spacial score (nSPS) is 10.5. The summed E-state index contributed by atoms with van der Waals surface area (Å²) < 4.78 is 12.7. The van der Waals surface area contributed by atoms with Crippen molar-refractivity contribution >= 4 is 17.3 Å². The fourth-order valence-corrected chi connectivity index (χ4v) is 1.95. The molecule has 0 amide bonds. The third-order valence-electron chi connectivity index (χ3n) is 2.78. The second kappa shape index (κ2) is 6.45. The van der Waals surface area contributed by atoms with Crippen LogP contribution < -0.4 is 5.32 Å². The molecular formula is C14H12ClFN2O2. The number of hydrogen-bond donors (Lipinski definition) is 1. The first-order chi connectivity index (χ1) is 9.56. The summed E-state index contributed by atoms with van der Waals surface area (Å²) in [4.78, 5) is 10.3. The number of nitrogens with zero attached hydrogens (tertiary/aromatic N) is 1. The Bertz CT molecular complexity index is 617. The van der Waals surface area contributed by atoms with Gasteiger partial charge in [-0.2, -0.15) is 0 Å². The van der Waals surface area contributed by atoms with Gasteiger partial charge in [0.05, 0.1) is 4.92 Å². The van der Waals surface area contributed by atoms with Crippen molar-refractivity contribution in [2.45, 2.75) is 13.1 Å². The van der Waals surface area contributed by atoms with Gasteiger partial charge in [-0.05, 0) is 29.3 Å². The molecule has 1 N–H and O–H groups in total. The number of nitro benzene ring substituents is 1. The maximum atomic E-state index is 12.7. The number of benzene rings is 2. The van der Waals surface area contributed by atoms with Gasteiger partial charge in [-0.25, -0.2) is 4.39 Å². The first-order valence-electron chi connectivity index (χ1n) is 5.94. The van der Waals surface area contributed by atoms with Gasteiger partial charge in [0.25, 0.3) is 5.69 Å². The van der Waals surface area contributed by atoms with E-state index in [1.54, 1.807) is 18.2 Å². The van der Waals surface area contributed by atoms with Crippen LogP contribution in [-0.4, -0.2) is 4.92 Å². The predicted molar refractivity (Wildman–Crippen MR) is 75.1 cm³/mol. The Morgan fingerprint density at radius 2 is 1.70 bits per heavy atom. The zero-order chi connectivity index (χ0) is 14.5. The van der Waals surface area contributed by atoms with E-state index < -0.39 is 4.92 Å². The third-order valence-corrected chi connectivity index (χ3v) is 3.10. The third kappa shape index (κ3) is 3.76. The highest BCUT2D eigenvalue weighted by Crippen LogP contribution is 2.24. The van der Waals surface area contributed by atoms with Crippen LogP contribution in [0.25, 0.3) is 0 Å². The van der Waals surface area contributed by atoms with Crippen LogP contribution >= 0.6 is 11.6 Å². The summed E-state index contributed by atoms with van der Waals surface area (Å²) in [7, 11) is 0. The van der Waals surface area contributed by atoms with Crippen molar-refractivity contribution in [1.82, 2.24) is 5.32 Å². The molecule has 4 nitrogen and oxygen atoms in total. The van der Waals surface area contributed by atoms with Crippen LogP contribution in [0.1, 0.15) is 11.1 Å². The Morgan fingerprint density at radius 3 is 2.35 bits per heavy atom. The lowest BCUT2D eigenvalue weighted by atomic mass is 10.2. The minimum absolute atomic E-state index is 0.104. The number of nitro groups is 1. The van der Waals surface area contributed by atoms with Gasteiger partial charge >= 0.3 is 0 Å². The van der Waals surface area contributed by atoms with Crippen LogP contribution in [0, 0.1) is 15.9 Å². The molecule has 0 radical (unpaired) electrons. The van der Waals surface area contributed by atoms with E-state index in [-0.39, 0.29) is 16.5 Å². The van der Waals surface area contributed by atoms with Crippen LogP contribution in [0.5, 0.6) is 0 Å². The van der Waals surface area contributed by atoms with Gasteiger partial charge in [-0.15, -0.1) is 0 Å². The molecule has 6 heteroatoms. The van der Waals surface area contributed by atoms with Gasteiger partial charge in [0.2, 0.25) is 0 Å². The number of nitrogens with one attached hydrogen (secondary N) is 1. The summed E-state index contributed by atoms with van der Waals surface area (Å²) >= 11 is 5.74.